The van der Waals surface area contributed by atoms with Crippen LogP contribution >= 0.6 is 0 Å². The monoisotopic (exact) mass is 554 g/mol. The van der Waals surface area contributed by atoms with Gasteiger partial charge in [-0.25, -0.2) is 9.97 Å². The molecule has 0 radical (unpaired) electrons. The van der Waals surface area contributed by atoms with Gasteiger partial charge in [-0.15, -0.1) is 0 Å². The Morgan fingerprint density at radius 1 is 1.07 bits per heavy atom. The number of amides is 1. The van der Waals surface area contributed by atoms with Crippen molar-refractivity contribution in [2.75, 3.05) is 43.9 Å². The Balaban J connectivity index is 1.29. The molecular formula is C32H42N8O. The first kappa shape index (κ1) is 28.8. The summed E-state index contributed by atoms with van der Waals surface area (Å²) in [5.74, 6) is 1.49. The van der Waals surface area contributed by atoms with Crippen molar-refractivity contribution < 1.29 is 4.79 Å². The van der Waals surface area contributed by atoms with E-state index in [1.165, 1.54) is 25.7 Å². The Bertz CT molecular complexity index is 1300. The van der Waals surface area contributed by atoms with Crippen molar-refractivity contribution in [3.63, 3.8) is 0 Å². The van der Waals surface area contributed by atoms with Gasteiger partial charge in [-0.05, 0) is 69.1 Å². The average molecular weight is 555 g/mol. The number of rotatable bonds is 7. The summed E-state index contributed by atoms with van der Waals surface area (Å²) in [5, 5.41) is 23.3. The molecule has 2 saturated heterocycles. The van der Waals surface area contributed by atoms with Crippen LogP contribution in [0, 0.1) is 28.6 Å². The number of carbonyl (C=O) groups excluding carboxylic acids is 1. The van der Waals surface area contributed by atoms with E-state index in [9.17, 15) is 15.3 Å². The summed E-state index contributed by atoms with van der Waals surface area (Å²) in [6, 6.07) is 13.7. The molecule has 41 heavy (non-hydrogen) atoms. The fourth-order valence-electron chi connectivity index (χ4n) is 6.93. The van der Waals surface area contributed by atoms with Crippen LogP contribution in [0.25, 0.3) is 0 Å². The topological polar surface area (TPSA) is 112 Å². The van der Waals surface area contributed by atoms with Gasteiger partial charge in [-0.1, -0.05) is 25.0 Å². The SMILES string of the molecule is C[C@@H]1[C@H](CC(=O)N(C)C)CCCN1c1cnc(C#N)c(Nc2ccc(C3(C#N)CCN(C4CCCC4)CC3)cc2)n1. The van der Waals surface area contributed by atoms with Gasteiger partial charge in [-0.2, -0.15) is 10.5 Å². The van der Waals surface area contributed by atoms with Gasteiger partial charge in [0.1, 0.15) is 11.9 Å². The molecule has 2 aliphatic heterocycles. The first-order chi connectivity index (χ1) is 19.8. The van der Waals surface area contributed by atoms with Gasteiger partial charge >= 0.3 is 0 Å². The molecule has 216 valence electrons. The maximum Gasteiger partial charge on any atom is 0.222 e. The summed E-state index contributed by atoms with van der Waals surface area (Å²) in [6.45, 7) is 4.93. The summed E-state index contributed by atoms with van der Waals surface area (Å²) in [5.41, 5.74) is 1.63. The summed E-state index contributed by atoms with van der Waals surface area (Å²) < 4.78 is 0. The number of hydrogen-bond acceptors (Lipinski definition) is 8. The maximum absolute atomic E-state index is 12.4. The molecule has 1 aromatic carbocycles. The molecule has 0 unspecified atom stereocenters. The number of carbonyl (C=O) groups is 1. The van der Waals surface area contributed by atoms with Gasteiger partial charge in [0.15, 0.2) is 11.5 Å². The second-order valence-corrected chi connectivity index (χ2v) is 12.2. The molecule has 1 aliphatic carbocycles. The van der Waals surface area contributed by atoms with Crippen molar-refractivity contribution in [3.05, 3.63) is 41.7 Å². The van der Waals surface area contributed by atoms with Gasteiger partial charge < -0.3 is 20.0 Å². The number of piperidine rings is 2. The van der Waals surface area contributed by atoms with Gasteiger partial charge in [0, 0.05) is 57.9 Å². The van der Waals surface area contributed by atoms with Crippen LogP contribution in [0.4, 0.5) is 17.3 Å². The largest absolute Gasteiger partial charge is 0.352 e. The predicted octanol–water partition coefficient (Wildman–Crippen LogP) is 4.97. The predicted molar refractivity (Wildman–Crippen MR) is 160 cm³/mol. The second-order valence-electron chi connectivity index (χ2n) is 12.2. The van der Waals surface area contributed by atoms with Crippen LogP contribution in [-0.4, -0.2) is 71.5 Å². The second kappa shape index (κ2) is 12.4. The smallest absolute Gasteiger partial charge is 0.222 e. The Kier molecular flexibility index (Phi) is 8.75. The van der Waals surface area contributed by atoms with Crippen LogP contribution in [0.1, 0.15) is 76.0 Å². The number of hydrogen-bond donors (Lipinski definition) is 1. The highest BCUT2D eigenvalue weighted by Gasteiger charge is 2.38. The number of nitriles is 2. The molecule has 9 heteroatoms. The fourth-order valence-corrected chi connectivity index (χ4v) is 6.93. The molecular weight excluding hydrogens is 512 g/mol. The third-order valence-electron chi connectivity index (χ3n) is 9.65. The average Bonchev–Trinajstić information content (AvgIpc) is 3.54. The third-order valence-corrected chi connectivity index (χ3v) is 9.65. The van der Waals surface area contributed by atoms with Crippen molar-refractivity contribution in [2.24, 2.45) is 5.92 Å². The molecule has 2 atom stereocenters. The molecule has 1 N–H and O–H groups in total. The van der Waals surface area contributed by atoms with E-state index in [-0.39, 0.29) is 23.6 Å². The van der Waals surface area contributed by atoms with E-state index in [4.69, 9.17) is 4.98 Å². The lowest BCUT2D eigenvalue weighted by atomic mass is 9.73. The highest BCUT2D eigenvalue weighted by Crippen LogP contribution is 2.38. The maximum atomic E-state index is 12.4. The highest BCUT2D eigenvalue weighted by atomic mass is 16.2. The van der Waals surface area contributed by atoms with Gasteiger partial charge in [0.25, 0.3) is 0 Å². The molecule has 9 nitrogen and oxygen atoms in total. The van der Waals surface area contributed by atoms with E-state index in [2.05, 4.69) is 39.2 Å². The lowest BCUT2D eigenvalue weighted by Crippen LogP contribution is -2.45. The van der Waals surface area contributed by atoms with E-state index >= 15 is 0 Å². The van der Waals surface area contributed by atoms with Crippen molar-refractivity contribution in [2.45, 2.75) is 82.2 Å². The van der Waals surface area contributed by atoms with Gasteiger partial charge in [0.2, 0.25) is 5.91 Å². The molecule has 1 saturated carbocycles. The number of nitrogens with zero attached hydrogens (tertiary/aromatic N) is 7. The van der Waals surface area contributed by atoms with Gasteiger partial charge in [0.05, 0.1) is 17.7 Å². The zero-order chi connectivity index (χ0) is 29.0. The molecule has 1 aromatic heterocycles. The summed E-state index contributed by atoms with van der Waals surface area (Å²) >= 11 is 0. The number of aromatic nitrogens is 2. The van der Waals surface area contributed by atoms with Crippen LogP contribution in [0.3, 0.4) is 0 Å². The Labute approximate surface area is 244 Å². The molecule has 5 rings (SSSR count). The molecule has 3 fully saturated rings. The zero-order valence-electron chi connectivity index (χ0n) is 24.6. The quantitative estimate of drug-likeness (QED) is 0.510. The van der Waals surface area contributed by atoms with Crippen LogP contribution < -0.4 is 10.2 Å². The lowest BCUT2D eigenvalue weighted by Gasteiger charge is -2.40. The number of nitrogens with one attached hydrogen (secondary N) is 1. The summed E-state index contributed by atoms with van der Waals surface area (Å²) in [7, 11) is 3.59. The van der Waals surface area contributed by atoms with Crippen molar-refractivity contribution in [3.8, 4) is 12.1 Å². The minimum absolute atomic E-state index is 0.129. The zero-order valence-corrected chi connectivity index (χ0v) is 24.6. The normalized spacial score (nSPS) is 23.0. The van der Waals surface area contributed by atoms with Crippen molar-refractivity contribution in [1.82, 2.24) is 19.8 Å². The Morgan fingerprint density at radius 2 is 1.78 bits per heavy atom. The number of benzene rings is 1. The van der Waals surface area contributed by atoms with Crippen LogP contribution in [-0.2, 0) is 10.2 Å². The van der Waals surface area contributed by atoms with Crippen LogP contribution in [0.5, 0.6) is 0 Å². The molecule has 1 amide bonds. The minimum atomic E-state index is -0.458. The Hall–Kier alpha value is -3.69. The van der Waals surface area contributed by atoms with Crippen molar-refractivity contribution >= 4 is 23.2 Å². The van der Waals surface area contributed by atoms with E-state index in [0.29, 0.717) is 24.1 Å². The van der Waals surface area contributed by atoms with E-state index in [1.807, 2.05) is 24.3 Å². The lowest BCUT2D eigenvalue weighted by molar-refractivity contribution is -0.130. The van der Waals surface area contributed by atoms with E-state index < -0.39 is 5.41 Å². The molecule has 3 aliphatic rings. The molecule has 0 spiro atoms. The third kappa shape index (κ3) is 6.16. The molecule has 2 aromatic rings. The Morgan fingerprint density at radius 3 is 2.41 bits per heavy atom. The molecule has 3 heterocycles. The van der Waals surface area contributed by atoms with Crippen LogP contribution in [0.2, 0.25) is 0 Å². The number of likely N-dealkylation sites (tertiary alicyclic amines) is 1. The van der Waals surface area contributed by atoms with E-state index in [0.717, 1.165) is 56.6 Å². The van der Waals surface area contributed by atoms with Crippen LogP contribution in [0.15, 0.2) is 30.5 Å². The summed E-state index contributed by atoms with van der Waals surface area (Å²) in [4.78, 5) is 28.1. The van der Waals surface area contributed by atoms with Gasteiger partial charge in [-0.3, -0.25) is 4.79 Å². The summed E-state index contributed by atoms with van der Waals surface area (Å²) in [6.07, 6.45) is 11.1. The first-order valence-corrected chi connectivity index (χ1v) is 15.1. The first-order valence-electron chi connectivity index (χ1n) is 15.1. The fraction of sp³-hybridized carbons (Fsp3) is 0.594. The van der Waals surface area contributed by atoms with Crippen molar-refractivity contribution in [1.29, 1.82) is 10.5 Å². The minimum Gasteiger partial charge on any atom is -0.352 e. The highest BCUT2D eigenvalue weighted by molar-refractivity contribution is 5.76. The standard InChI is InChI=1S/C32H42N8O/c1-23-24(19-30(41)38(2)3)7-6-16-40(23)29-21-35-28(20-33)31(37-29)36-26-12-10-25(11-13-26)32(22-34)14-17-39(18-15-32)27-8-4-5-9-27/h10-13,21,23-24,27H,4-9,14-19H2,1-3H3,(H,36,37)/t23-,24+/m1/s1. The number of anilines is 3. The molecule has 0 bridgehead atoms. The van der Waals surface area contributed by atoms with E-state index in [1.54, 1.807) is 25.2 Å².